The lowest BCUT2D eigenvalue weighted by atomic mass is 10.1. The van der Waals surface area contributed by atoms with Gasteiger partial charge in [0.1, 0.15) is 5.75 Å². The van der Waals surface area contributed by atoms with Gasteiger partial charge in [0.15, 0.2) is 0 Å². The Morgan fingerprint density at radius 2 is 1.79 bits per heavy atom. The molecule has 0 N–H and O–H groups in total. The Kier molecular flexibility index (Phi) is 8.02. The van der Waals surface area contributed by atoms with E-state index in [0.29, 0.717) is 13.2 Å². The zero-order chi connectivity index (χ0) is 18.1. The van der Waals surface area contributed by atoms with Crippen LogP contribution in [0.15, 0.2) is 30.3 Å². The highest BCUT2D eigenvalue weighted by Gasteiger charge is 2.22. The topological polar surface area (TPSA) is 55.8 Å². The minimum absolute atomic E-state index is 0.00501. The molecule has 132 valence electrons. The van der Waals surface area contributed by atoms with Crippen LogP contribution >= 0.6 is 0 Å². The predicted octanol–water partition coefficient (Wildman–Crippen LogP) is 3.14. The lowest BCUT2D eigenvalue weighted by Crippen LogP contribution is -2.40. The predicted molar refractivity (Wildman–Crippen MR) is 94.7 cm³/mol. The first-order chi connectivity index (χ1) is 11.4. The molecule has 0 radical (unpaired) electrons. The molecule has 5 nitrogen and oxygen atoms in total. The summed E-state index contributed by atoms with van der Waals surface area (Å²) in [6.45, 7) is 8.48. The summed E-state index contributed by atoms with van der Waals surface area (Å²) in [5.74, 6) is -0.00417. The largest absolute Gasteiger partial charge is 0.494 e. The van der Waals surface area contributed by atoms with Gasteiger partial charge in [-0.05, 0) is 44.5 Å². The Morgan fingerprint density at radius 1 is 1.17 bits per heavy atom. The number of amides is 1. The molecule has 0 aliphatic carbocycles. The van der Waals surface area contributed by atoms with E-state index in [9.17, 15) is 9.59 Å². The van der Waals surface area contributed by atoms with Crippen molar-refractivity contribution in [2.24, 2.45) is 5.92 Å². The number of carbonyl (C=O) groups is 2. The van der Waals surface area contributed by atoms with Crippen LogP contribution < -0.4 is 4.74 Å². The molecule has 1 aromatic rings. The molecule has 0 spiro atoms. The first-order valence-corrected chi connectivity index (χ1v) is 8.18. The van der Waals surface area contributed by atoms with E-state index < -0.39 is 0 Å². The smallest absolute Gasteiger partial charge is 0.310 e. The number of rotatable bonds is 8. The van der Waals surface area contributed by atoms with Gasteiger partial charge in [-0.3, -0.25) is 9.59 Å². The molecule has 0 fully saturated rings. The van der Waals surface area contributed by atoms with Gasteiger partial charge in [0.2, 0.25) is 5.91 Å². The molecule has 0 heterocycles. The van der Waals surface area contributed by atoms with Crippen LogP contribution in [0.1, 0.15) is 33.3 Å². The Labute approximate surface area is 144 Å². The Balaban J connectivity index is 2.75. The van der Waals surface area contributed by atoms with Crippen LogP contribution in [0.4, 0.5) is 0 Å². The van der Waals surface area contributed by atoms with Crippen LogP contribution in [0.2, 0.25) is 0 Å². The summed E-state index contributed by atoms with van der Waals surface area (Å²) in [5, 5.41) is 0. The Hall–Kier alpha value is -2.30. The van der Waals surface area contributed by atoms with E-state index in [2.05, 4.69) is 0 Å². The number of hydrogen-bond acceptors (Lipinski definition) is 4. The summed E-state index contributed by atoms with van der Waals surface area (Å²) < 4.78 is 10.1. The van der Waals surface area contributed by atoms with E-state index in [4.69, 9.17) is 9.47 Å². The molecule has 0 aliphatic rings. The number of nitrogens with zero attached hydrogens (tertiary/aromatic N) is 1. The van der Waals surface area contributed by atoms with E-state index in [1.807, 2.05) is 45.0 Å². The third-order valence-electron chi connectivity index (χ3n) is 3.59. The van der Waals surface area contributed by atoms with Gasteiger partial charge in [-0.2, -0.15) is 0 Å². The molecular formula is C19H27NO4. The van der Waals surface area contributed by atoms with Crippen molar-refractivity contribution in [1.29, 1.82) is 0 Å². The van der Waals surface area contributed by atoms with Gasteiger partial charge in [0.05, 0.1) is 19.6 Å². The summed E-state index contributed by atoms with van der Waals surface area (Å²) in [7, 11) is 1.35. The molecule has 0 saturated carbocycles. The fourth-order valence-corrected chi connectivity index (χ4v) is 2.23. The Bertz CT molecular complexity index is 563. The fraction of sp³-hybridized carbons (Fsp3) is 0.474. The molecule has 1 amide bonds. The average molecular weight is 333 g/mol. The van der Waals surface area contributed by atoms with E-state index in [0.717, 1.165) is 11.3 Å². The van der Waals surface area contributed by atoms with Crippen molar-refractivity contribution in [2.75, 3.05) is 20.3 Å². The first-order valence-electron chi connectivity index (χ1n) is 8.18. The van der Waals surface area contributed by atoms with Gasteiger partial charge >= 0.3 is 5.97 Å². The van der Waals surface area contributed by atoms with Gasteiger partial charge in [0, 0.05) is 18.7 Å². The molecule has 1 unspecified atom stereocenters. The minimum Gasteiger partial charge on any atom is -0.494 e. The second-order valence-electron chi connectivity index (χ2n) is 5.84. The van der Waals surface area contributed by atoms with E-state index in [1.54, 1.807) is 17.9 Å². The maximum Gasteiger partial charge on any atom is 0.310 e. The summed E-state index contributed by atoms with van der Waals surface area (Å²) >= 11 is 0. The number of carbonyl (C=O) groups excluding carboxylic acids is 2. The summed E-state index contributed by atoms with van der Waals surface area (Å²) in [6.07, 6.45) is 3.29. The molecule has 24 heavy (non-hydrogen) atoms. The minimum atomic E-state index is -0.361. The highest BCUT2D eigenvalue weighted by molar-refractivity contribution is 5.92. The molecule has 0 aliphatic heterocycles. The van der Waals surface area contributed by atoms with Gasteiger partial charge in [-0.15, -0.1) is 0 Å². The maximum atomic E-state index is 12.4. The molecule has 0 aromatic heterocycles. The van der Waals surface area contributed by atoms with Gasteiger partial charge < -0.3 is 14.4 Å². The Morgan fingerprint density at radius 3 is 2.29 bits per heavy atom. The van der Waals surface area contributed by atoms with Crippen molar-refractivity contribution in [3.05, 3.63) is 35.9 Å². The van der Waals surface area contributed by atoms with Crippen molar-refractivity contribution >= 4 is 18.0 Å². The third-order valence-corrected chi connectivity index (χ3v) is 3.59. The normalized spacial score (nSPS) is 12.2. The molecule has 1 atom stereocenters. The fourth-order valence-electron chi connectivity index (χ4n) is 2.23. The van der Waals surface area contributed by atoms with Gasteiger partial charge in [-0.25, -0.2) is 0 Å². The number of ether oxygens (including phenoxy) is 2. The van der Waals surface area contributed by atoms with Crippen molar-refractivity contribution in [3.8, 4) is 5.75 Å². The zero-order valence-corrected chi connectivity index (χ0v) is 15.1. The quantitative estimate of drug-likeness (QED) is 0.542. The number of benzene rings is 1. The second kappa shape index (κ2) is 9.75. The SMILES string of the molecule is CCOc1ccc(/C=C/C(=O)N(CC(C)C(=O)OC)C(C)C)cc1. The maximum absolute atomic E-state index is 12.4. The third kappa shape index (κ3) is 6.07. The number of hydrogen-bond donors (Lipinski definition) is 0. The molecule has 0 bridgehead atoms. The average Bonchev–Trinajstić information content (AvgIpc) is 2.57. The van der Waals surface area contributed by atoms with Crippen molar-refractivity contribution in [1.82, 2.24) is 4.90 Å². The molecular weight excluding hydrogens is 306 g/mol. The van der Waals surface area contributed by atoms with Crippen molar-refractivity contribution in [2.45, 2.75) is 33.7 Å². The highest BCUT2D eigenvalue weighted by atomic mass is 16.5. The lowest BCUT2D eigenvalue weighted by Gasteiger charge is -2.27. The summed E-state index contributed by atoms with van der Waals surface area (Å²) in [6, 6.07) is 7.52. The van der Waals surface area contributed by atoms with E-state index in [1.165, 1.54) is 13.2 Å². The van der Waals surface area contributed by atoms with Crippen LogP contribution in [0.5, 0.6) is 5.75 Å². The lowest BCUT2D eigenvalue weighted by molar-refractivity contribution is -0.146. The number of esters is 1. The standard InChI is InChI=1S/C19H27NO4/c1-6-24-17-10-7-16(8-11-17)9-12-18(21)20(14(2)3)13-15(4)19(22)23-5/h7-12,14-15H,6,13H2,1-5H3/b12-9+. The summed E-state index contributed by atoms with van der Waals surface area (Å²) in [5.41, 5.74) is 0.913. The van der Waals surface area contributed by atoms with E-state index in [-0.39, 0.29) is 23.8 Å². The monoisotopic (exact) mass is 333 g/mol. The molecule has 5 heteroatoms. The molecule has 0 saturated heterocycles. The van der Waals surface area contributed by atoms with Crippen LogP contribution in [-0.4, -0.2) is 43.1 Å². The van der Waals surface area contributed by atoms with Crippen molar-refractivity contribution in [3.63, 3.8) is 0 Å². The molecule has 1 aromatic carbocycles. The first kappa shape index (κ1) is 19.7. The van der Waals surface area contributed by atoms with Crippen LogP contribution in [0.3, 0.4) is 0 Å². The van der Waals surface area contributed by atoms with E-state index >= 15 is 0 Å². The van der Waals surface area contributed by atoms with Gasteiger partial charge in [0.25, 0.3) is 0 Å². The second-order valence-corrected chi connectivity index (χ2v) is 5.84. The van der Waals surface area contributed by atoms with Crippen LogP contribution in [0, 0.1) is 5.92 Å². The van der Waals surface area contributed by atoms with Crippen LogP contribution in [0.25, 0.3) is 6.08 Å². The van der Waals surface area contributed by atoms with Crippen molar-refractivity contribution < 1.29 is 19.1 Å². The number of methoxy groups -OCH3 is 1. The highest BCUT2D eigenvalue weighted by Crippen LogP contribution is 2.14. The zero-order valence-electron chi connectivity index (χ0n) is 15.1. The van der Waals surface area contributed by atoms with Gasteiger partial charge in [-0.1, -0.05) is 19.1 Å². The summed E-state index contributed by atoms with van der Waals surface area (Å²) in [4.78, 5) is 25.7. The van der Waals surface area contributed by atoms with Crippen LogP contribution in [-0.2, 0) is 14.3 Å². The molecule has 1 rings (SSSR count).